The van der Waals surface area contributed by atoms with Gasteiger partial charge in [0.25, 0.3) is 0 Å². The molecular formula is C21H16O2. The molecule has 2 nitrogen and oxygen atoms in total. The van der Waals surface area contributed by atoms with Crippen LogP contribution in [0.1, 0.15) is 21.5 Å². The standard InChI is InChI=1S/C21H16O2/c22-21(19-9-5-2-6-10-19)23-20-15-13-18(14-16-20)12-11-17-7-3-1-4-8-17/h1-16H/b12-11+. The third-order valence-electron chi connectivity index (χ3n) is 3.37. The van der Waals surface area contributed by atoms with Gasteiger partial charge in [-0.25, -0.2) is 4.79 Å². The van der Waals surface area contributed by atoms with Crippen molar-refractivity contribution in [3.05, 3.63) is 102 Å². The highest BCUT2D eigenvalue weighted by atomic mass is 16.5. The first-order chi connectivity index (χ1) is 11.3. The molecule has 0 atom stereocenters. The zero-order valence-corrected chi connectivity index (χ0v) is 12.6. The Labute approximate surface area is 135 Å². The highest BCUT2D eigenvalue weighted by molar-refractivity contribution is 5.91. The van der Waals surface area contributed by atoms with Crippen LogP contribution in [0.4, 0.5) is 0 Å². The summed E-state index contributed by atoms with van der Waals surface area (Å²) in [6, 6.07) is 26.5. The third-order valence-corrected chi connectivity index (χ3v) is 3.37. The molecule has 0 saturated carbocycles. The van der Waals surface area contributed by atoms with Crippen LogP contribution in [0.3, 0.4) is 0 Å². The maximum atomic E-state index is 12.0. The maximum absolute atomic E-state index is 12.0. The first-order valence-corrected chi connectivity index (χ1v) is 7.42. The number of esters is 1. The van der Waals surface area contributed by atoms with Crippen LogP contribution in [-0.4, -0.2) is 5.97 Å². The molecule has 0 unspecified atom stereocenters. The molecular weight excluding hydrogens is 284 g/mol. The van der Waals surface area contributed by atoms with E-state index in [0.29, 0.717) is 11.3 Å². The van der Waals surface area contributed by atoms with Crippen LogP contribution in [0.2, 0.25) is 0 Å². The van der Waals surface area contributed by atoms with Gasteiger partial charge in [-0.2, -0.15) is 0 Å². The molecule has 3 aromatic rings. The van der Waals surface area contributed by atoms with E-state index in [1.165, 1.54) is 0 Å². The number of carbonyl (C=O) groups is 1. The lowest BCUT2D eigenvalue weighted by molar-refractivity contribution is 0.0735. The molecule has 0 radical (unpaired) electrons. The van der Waals surface area contributed by atoms with Crippen molar-refractivity contribution < 1.29 is 9.53 Å². The molecule has 0 aromatic heterocycles. The van der Waals surface area contributed by atoms with Crippen LogP contribution in [-0.2, 0) is 0 Å². The Balaban J connectivity index is 1.65. The Hall–Kier alpha value is -3.13. The molecule has 0 saturated heterocycles. The number of rotatable bonds is 4. The minimum atomic E-state index is -0.349. The minimum absolute atomic E-state index is 0.349. The van der Waals surface area contributed by atoms with Gasteiger partial charge in [0.15, 0.2) is 0 Å². The Morgan fingerprint density at radius 3 is 1.78 bits per heavy atom. The highest BCUT2D eigenvalue weighted by Gasteiger charge is 2.07. The second-order valence-electron chi connectivity index (χ2n) is 5.07. The summed E-state index contributed by atoms with van der Waals surface area (Å²) in [7, 11) is 0. The van der Waals surface area contributed by atoms with Crippen LogP contribution in [0.5, 0.6) is 5.75 Å². The summed E-state index contributed by atoms with van der Waals surface area (Å²) in [4.78, 5) is 12.0. The van der Waals surface area contributed by atoms with Gasteiger partial charge in [0, 0.05) is 0 Å². The first kappa shape index (κ1) is 14.8. The van der Waals surface area contributed by atoms with Crippen molar-refractivity contribution in [3.8, 4) is 5.75 Å². The molecule has 2 heteroatoms. The van der Waals surface area contributed by atoms with Crippen LogP contribution in [0.15, 0.2) is 84.9 Å². The van der Waals surface area contributed by atoms with E-state index in [-0.39, 0.29) is 5.97 Å². The summed E-state index contributed by atoms with van der Waals surface area (Å²) in [5.41, 5.74) is 2.74. The molecule has 0 fully saturated rings. The number of carbonyl (C=O) groups excluding carboxylic acids is 1. The van der Waals surface area contributed by atoms with Gasteiger partial charge in [-0.1, -0.05) is 72.8 Å². The summed E-state index contributed by atoms with van der Waals surface area (Å²) in [5.74, 6) is 0.189. The van der Waals surface area contributed by atoms with E-state index in [2.05, 4.69) is 0 Å². The molecule has 0 amide bonds. The lowest BCUT2D eigenvalue weighted by Gasteiger charge is -2.04. The minimum Gasteiger partial charge on any atom is -0.423 e. The molecule has 0 N–H and O–H groups in total. The van der Waals surface area contributed by atoms with E-state index in [1.807, 2.05) is 72.8 Å². The van der Waals surface area contributed by atoms with Crippen molar-refractivity contribution in [1.82, 2.24) is 0 Å². The number of ether oxygens (including phenoxy) is 1. The summed E-state index contributed by atoms with van der Waals surface area (Å²) < 4.78 is 5.36. The fourth-order valence-corrected chi connectivity index (χ4v) is 2.14. The largest absolute Gasteiger partial charge is 0.423 e. The molecule has 0 spiro atoms. The van der Waals surface area contributed by atoms with Gasteiger partial charge < -0.3 is 4.74 Å². The van der Waals surface area contributed by atoms with E-state index in [1.54, 1.807) is 24.3 Å². The van der Waals surface area contributed by atoms with Gasteiger partial charge in [-0.3, -0.25) is 0 Å². The SMILES string of the molecule is O=C(Oc1ccc(/C=C/c2ccccc2)cc1)c1ccccc1. The van der Waals surface area contributed by atoms with E-state index < -0.39 is 0 Å². The second-order valence-corrected chi connectivity index (χ2v) is 5.07. The van der Waals surface area contributed by atoms with Crippen molar-refractivity contribution in [2.45, 2.75) is 0 Å². The molecule has 0 bridgehead atoms. The Morgan fingerprint density at radius 1 is 0.652 bits per heavy atom. The number of hydrogen-bond donors (Lipinski definition) is 0. The Morgan fingerprint density at radius 2 is 1.17 bits per heavy atom. The number of hydrogen-bond acceptors (Lipinski definition) is 2. The Kier molecular flexibility index (Phi) is 4.65. The van der Waals surface area contributed by atoms with Gasteiger partial charge >= 0.3 is 5.97 Å². The van der Waals surface area contributed by atoms with Crippen LogP contribution < -0.4 is 4.74 Å². The van der Waals surface area contributed by atoms with Crippen molar-refractivity contribution in [2.24, 2.45) is 0 Å². The Bertz CT molecular complexity index is 788. The lowest BCUT2D eigenvalue weighted by Crippen LogP contribution is -2.07. The van der Waals surface area contributed by atoms with Gasteiger partial charge in [0.2, 0.25) is 0 Å². The molecule has 23 heavy (non-hydrogen) atoms. The van der Waals surface area contributed by atoms with Crippen LogP contribution in [0.25, 0.3) is 12.2 Å². The zero-order chi connectivity index (χ0) is 15.9. The van der Waals surface area contributed by atoms with Crippen molar-refractivity contribution in [2.75, 3.05) is 0 Å². The fourth-order valence-electron chi connectivity index (χ4n) is 2.14. The number of benzene rings is 3. The normalized spacial score (nSPS) is 10.6. The molecule has 112 valence electrons. The third kappa shape index (κ3) is 4.17. The van der Waals surface area contributed by atoms with Crippen molar-refractivity contribution in [1.29, 1.82) is 0 Å². The summed E-state index contributed by atoms with van der Waals surface area (Å²) in [6.45, 7) is 0. The molecule has 3 rings (SSSR count). The summed E-state index contributed by atoms with van der Waals surface area (Å²) >= 11 is 0. The zero-order valence-electron chi connectivity index (χ0n) is 12.6. The van der Waals surface area contributed by atoms with E-state index in [0.717, 1.165) is 11.1 Å². The van der Waals surface area contributed by atoms with E-state index in [9.17, 15) is 4.79 Å². The van der Waals surface area contributed by atoms with Crippen LogP contribution >= 0.6 is 0 Å². The lowest BCUT2D eigenvalue weighted by atomic mass is 10.1. The van der Waals surface area contributed by atoms with Crippen molar-refractivity contribution >= 4 is 18.1 Å². The molecule has 0 aliphatic rings. The monoisotopic (exact) mass is 300 g/mol. The fraction of sp³-hybridized carbons (Fsp3) is 0. The molecule has 3 aromatic carbocycles. The predicted molar refractivity (Wildman–Crippen MR) is 93.2 cm³/mol. The first-order valence-electron chi connectivity index (χ1n) is 7.42. The van der Waals surface area contributed by atoms with E-state index >= 15 is 0 Å². The summed E-state index contributed by atoms with van der Waals surface area (Å²) in [5, 5.41) is 0. The van der Waals surface area contributed by atoms with Gasteiger partial charge in [-0.05, 0) is 35.4 Å². The molecule has 0 aliphatic carbocycles. The van der Waals surface area contributed by atoms with Gasteiger partial charge in [-0.15, -0.1) is 0 Å². The quantitative estimate of drug-likeness (QED) is 0.382. The smallest absolute Gasteiger partial charge is 0.343 e. The molecule has 0 aliphatic heterocycles. The van der Waals surface area contributed by atoms with E-state index in [4.69, 9.17) is 4.74 Å². The average Bonchev–Trinajstić information content (AvgIpc) is 2.63. The average molecular weight is 300 g/mol. The second kappa shape index (κ2) is 7.23. The maximum Gasteiger partial charge on any atom is 0.343 e. The highest BCUT2D eigenvalue weighted by Crippen LogP contribution is 2.16. The molecule has 0 heterocycles. The van der Waals surface area contributed by atoms with Gasteiger partial charge in [0.05, 0.1) is 5.56 Å². The van der Waals surface area contributed by atoms with Crippen molar-refractivity contribution in [3.63, 3.8) is 0 Å². The summed E-state index contributed by atoms with van der Waals surface area (Å²) in [6.07, 6.45) is 4.07. The topological polar surface area (TPSA) is 26.3 Å². The van der Waals surface area contributed by atoms with Gasteiger partial charge in [0.1, 0.15) is 5.75 Å². The van der Waals surface area contributed by atoms with Crippen LogP contribution in [0, 0.1) is 0 Å². The predicted octanol–water partition coefficient (Wildman–Crippen LogP) is 5.08.